The lowest BCUT2D eigenvalue weighted by atomic mass is 10.1. The molecule has 0 aromatic heterocycles. The highest BCUT2D eigenvalue weighted by atomic mass is 28.4. The molecule has 11 heteroatoms. The van der Waals surface area contributed by atoms with E-state index in [9.17, 15) is 24.8 Å². The van der Waals surface area contributed by atoms with E-state index < -0.39 is 43.0 Å². The topological polar surface area (TPSA) is 128 Å². The third-order valence-electron chi connectivity index (χ3n) is 7.31. The van der Waals surface area contributed by atoms with Gasteiger partial charge in [-0.1, -0.05) is 41.5 Å². The van der Waals surface area contributed by atoms with Gasteiger partial charge in [0.05, 0.1) is 30.3 Å². The lowest BCUT2D eigenvalue weighted by molar-refractivity contribution is -0.385. The number of hydrogen-bond acceptors (Lipinski definition) is 8. The summed E-state index contributed by atoms with van der Waals surface area (Å²) in [5.74, 6) is -0.849. The minimum atomic E-state index is -2.49. The molecule has 1 aromatic rings. The van der Waals surface area contributed by atoms with Crippen molar-refractivity contribution < 1.29 is 33.5 Å². The molecule has 0 unspecified atom stereocenters. The van der Waals surface area contributed by atoms with Crippen LogP contribution in [0.3, 0.4) is 0 Å². The van der Waals surface area contributed by atoms with E-state index in [4.69, 9.17) is 13.9 Å². The maximum absolute atomic E-state index is 13.5. The van der Waals surface area contributed by atoms with Gasteiger partial charge in [-0.2, -0.15) is 0 Å². The Morgan fingerprint density at radius 2 is 1.67 bits per heavy atom. The Hall–Kier alpha value is -2.66. The van der Waals surface area contributed by atoms with Crippen molar-refractivity contribution in [1.82, 2.24) is 4.90 Å². The number of β-amino-alcohol motifs (C(OH)–C–C–N with tert-alkyl or cyclic N) is 1. The van der Waals surface area contributed by atoms with Crippen molar-refractivity contribution in [2.45, 2.75) is 95.7 Å². The number of nitrogens with zero attached hydrogens (tertiary/aromatic N) is 2. The number of likely N-dealkylation sites (tertiary alicyclic amines) is 1. The maximum atomic E-state index is 13.5. The molecule has 1 aromatic carbocycles. The Balaban J connectivity index is 2.13. The van der Waals surface area contributed by atoms with Crippen LogP contribution < -0.4 is 9.16 Å². The third-order valence-corrected chi connectivity index (χ3v) is 13.3. The van der Waals surface area contributed by atoms with Crippen LogP contribution in [0.25, 0.3) is 0 Å². The van der Waals surface area contributed by atoms with E-state index in [1.807, 2.05) is 0 Å². The van der Waals surface area contributed by atoms with Crippen molar-refractivity contribution in [3.63, 3.8) is 0 Å². The van der Waals surface area contributed by atoms with Gasteiger partial charge in [0.15, 0.2) is 11.5 Å². The van der Waals surface area contributed by atoms with Crippen LogP contribution in [0.5, 0.6) is 11.5 Å². The lowest BCUT2D eigenvalue weighted by Crippen LogP contribution is -2.50. The number of carbonyl (C=O) groups is 2. The molecule has 1 saturated heterocycles. The summed E-state index contributed by atoms with van der Waals surface area (Å²) in [5, 5.41) is 22.3. The monoisotopic (exact) mass is 522 g/mol. The first-order valence-electron chi connectivity index (χ1n) is 12.6. The second-order valence-corrected chi connectivity index (χ2v) is 16.1. The van der Waals surface area contributed by atoms with Crippen LogP contribution in [0.2, 0.25) is 16.6 Å². The highest BCUT2D eigenvalue weighted by Crippen LogP contribution is 2.47. The number of aliphatic hydroxyl groups is 1. The fraction of sp³-hybridized carbons (Fsp3) is 0.680. The van der Waals surface area contributed by atoms with Crippen LogP contribution in [-0.2, 0) is 9.53 Å². The summed E-state index contributed by atoms with van der Waals surface area (Å²) in [6.07, 6.45) is 0.732. The summed E-state index contributed by atoms with van der Waals surface area (Å²) < 4.78 is 17.7. The van der Waals surface area contributed by atoms with Crippen LogP contribution >= 0.6 is 0 Å². The Morgan fingerprint density at radius 1 is 1.08 bits per heavy atom. The number of aliphatic hydroxyl groups excluding tert-OH is 1. The minimum absolute atomic E-state index is 0.00409. The molecule has 1 amide bonds. The first-order valence-corrected chi connectivity index (χ1v) is 14.7. The normalized spacial score (nSPS) is 20.2. The van der Waals surface area contributed by atoms with Gasteiger partial charge >= 0.3 is 5.97 Å². The molecule has 36 heavy (non-hydrogen) atoms. The van der Waals surface area contributed by atoms with E-state index in [0.717, 1.165) is 17.7 Å². The van der Waals surface area contributed by atoms with E-state index in [2.05, 4.69) is 41.5 Å². The van der Waals surface area contributed by atoms with Crippen LogP contribution in [0.15, 0.2) is 12.1 Å². The van der Waals surface area contributed by atoms with Crippen molar-refractivity contribution in [2.75, 3.05) is 13.7 Å². The predicted molar refractivity (Wildman–Crippen MR) is 136 cm³/mol. The number of rotatable bonds is 10. The summed E-state index contributed by atoms with van der Waals surface area (Å²) in [6.45, 7) is 12.6. The molecule has 1 N–H and O–H groups in total. The van der Waals surface area contributed by atoms with Gasteiger partial charge in [0.25, 0.3) is 19.9 Å². The largest absolute Gasteiger partial charge is 0.540 e. The van der Waals surface area contributed by atoms with Crippen molar-refractivity contribution in [2.24, 2.45) is 0 Å². The second kappa shape index (κ2) is 10.8. The van der Waals surface area contributed by atoms with E-state index in [1.54, 1.807) is 0 Å². The zero-order chi connectivity index (χ0) is 26.9. The summed E-state index contributed by atoms with van der Waals surface area (Å²) in [6, 6.07) is 1.64. The van der Waals surface area contributed by atoms with Crippen LogP contribution in [0.1, 0.15) is 71.2 Å². The standard InChI is InChI=1S/C25H38N2O8Si/c1-14(2)36(15(3)4,16(5)6)35-23-12-20(27(31)32)19(11-22(23)34-18-8-9-18)24(29)26-13-17(28)10-21(26)25(30)33-7/h11-12,14-18,21,28H,8-10,13H2,1-7H3/t17-,21+/m1/s1. The number of hydrogen-bond donors (Lipinski definition) is 1. The molecule has 1 aliphatic heterocycles. The maximum Gasteiger partial charge on any atom is 0.328 e. The molecule has 10 nitrogen and oxygen atoms in total. The van der Waals surface area contributed by atoms with Gasteiger partial charge in [-0.25, -0.2) is 4.79 Å². The summed E-state index contributed by atoms with van der Waals surface area (Å²) >= 11 is 0. The zero-order valence-corrected chi connectivity index (χ0v) is 23.1. The van der Waals surface area contributed by atoms with Crippen LogP contribution in [-0.4, -0.2) is 67.0 Å². The van der Waals surface area contributed by atoms with Gasteiger partial charge in [0.2, 0.25) is 0 Å². The highest BCUT2D eigenvalue weighted by molar-refractivity contribution is 6.78. The quantitative estimate of drug-likeness (QED) is 0.207. The van der Waals surface area contributed by atoms with Gasteiger partial charge in [-0.15, -0.1) is 0 Å². The van der Waals surface area contributed by atoms with Gasteiger partial charge in [-0.05, 0) is 29.5 Å². The smallest absolute Gasteiger partial charge is 0.328 e. The van der Waals surface area contributed by atoms with Gasteiger partial charge in [0.1, 0.15) is 11.6 Å². The Morgan fingerprint density at radius 3 is 2.14 bits per heavy atom. The molecule has 200 valence electrons. The number of nitro benzene ring substituents is 1. The molecule has 3 rings (SSSR count). The number of carbonyl (C=O) groups excluding carboxylic acids is 2. The predicted octanol–water partition coefficient (Wildman–Crippen LogP) is 4.44. The molecule has 0 spiro atoms. The van der Waals surface area contributed by atoms with Gasteiger partial charge in [0, 0.05) is 19.0 Å². The van der Waals surface area contributed by atoms with Crippen molar-refractivity contribution in [1.29, 1.82) is 0 Å². The fourth-order valence-electron chi connectivity index (χ4n) is 5.51. The number of nitro groups is 1. The summed E-state index contributed by atoms with van der Waals surface area (Å²) in [7, 11) is -1.30. The van der Waals surface area contributed by atoms with Crippen molar-refractivity contribution in [3.8, 4) is 11.5 Å². The number of benzene rings is 1. The summed E-state index contributed by atoms with van der Waals surface area (Å²) in [5.41, 5.74) is 0.0230. The Labute approximate surface area is 213 Å². The van der Waals surface area contributed by atoms with Gasteiger partial charge in [-0.3, -0.25) is 14.9 Å². The summed E-state index contributed by atoms with van der Waals surface area (Å²) in [4.78, 5) is 38.4. The molecule has 2 atom stereocenters. The zero-order valence-electron chi connectivity index (χ0n) is 22.1. The SMILES string of the molecule is COC(=O)[C@@H]1C[C@@H](O)CN1C(=O)c1cc(OC2CC2)c(O[Si](C(C)C)(C(C)C)C(C)C)cc1[N+](=O)[O-]. The molecule has 1 saturated carbocycles. The third kappa shape index (κ3) is 5.36. The average molecular weight is 523 g/mol. The second-order valence-electron chi connectivity index (χ2n) is 10.7. The molecule has 2 aliphatic rings. The molecule has 1 heterocycles. The first-order chi connectivity index (χ1) is 16.8. The molecular weight excluding hydrogens is 484 g/mol. The lowest BCUT2D eigenvalue weighted by Gasteiger charge is -2.42. The highest BCUT2D eigenvalue weighted by Gasteiger charge is 2.48. The van der Waals surface area contributed by atoms with Gasteiger partial charge < -0.3 is 23.9 Å². The first kappa shape index (κ1) is 27.9. The van der Waals surface area contributed by atoms with E-state index in [0.29, 0.717) is 5.75 Å². The minimum Gasteiger partial charge on any atom is -0.540 e. The molecule has 1 aliphatic carbocycles. The van der Waals surface area contributed by atoms with E-state index >= 15 is 0 Å². The fourth-order valence-corrected chi connectivity index (χ4v) is 10.8. The van der Waals surface area contributed by atoms with Crippen LogP contribution in [0, 0.1) is 10.1 Å². The average Bonchev–Trinajstić information content (AvgIpc) is 3.53. The number of ether oxygens (including phenoxy) is 2. The Kier molecular flexibility index (Phi) is 8.34. The van der Waals surface area contributed by atoms with Crippen molar-refractivity contribution in [3.05, 3.63) is 27.8 Å². The molecular formula is C25H38N2O8Si. The van der Waals surface area contributed by atoms with E-state index in [-0.39, 0.29) is 47.0 Å². The Bertz CT molecular complexity index is 986. The molecule has 2 fully saturated rings. The van der Waals surface area contributed by atoms with Crippen molar-refractivity contribution >= 4 is 25.9 Å². The number of amides is 1. The molecule has 0 bridgehead atoms. The van der Waals surface area contributed by atoms with E-state index in [1.165, 1.54) is 19.2 Å². The molecule has 0 radical (unpaired) electrons. The van der Waals surface area contributed by atoms with Crippen LogP contribution in [0.4, 0.5) is 5.69 Å². The number of methoxy groups -OCH3 is 1. The number of esters is 1.